The molecule has 1 aromatic carbocycles. The van der Waals surface area contributed by atoms with Crippen LogP contribution >= 0.6 is 11.6 Å². The molecule has 76 valence electrons. The van der Waals surface area contributed by atoms with Crippen LogP contribution in [0.3, 0.4) is 0 Å². The summed E-state index contributed by atoms with van der Waals surface area (Å²) in [5.74, 6) is 0.0205. The van der Waals surface area contributed by atoms with Crippen LogP contribution in [-0.2, 0) is 0 Å². The SMILES string of the molecule is C[N+](C)(C)c1ccccc1C(=O)CCl. The van der Waals surface area contributed by atoms with Gasteiger partial charge < -0.3 is 0 Å². The Morgan fingerprint density at radius 3 is 2.36 bits per heavy atom. The first-order valence-corrected chi connectivity index (χ1v) is 5.00. The Morgan fingerprint density at radius 2 is 1.86 bits per heavy atom. The third kappa shape index (κ3) is 2.34. The average molecular weight is 213 g/mol. The molecule has 0 saturated heterocycles. The maximum Gasteiger partial charge on any atom is 0.183 e. The molecule has 0 aliphatic heterocycles. The lowest BCUT2D eigenvalue weighted by molar-refractivity contribution is 0.102. The molecule has 0 aromatic heterocycles. The highest BCUT2D eigenvalue weighted by Gasteiger charge is 2.20. The number of carbonyl (C=O) groups is 1. The van der Waals surface area contributed by atoms with Crippen molar-refractivity contribution in [3.05, 3.63) is 29.8 Å². The molecule has 0 bridgehead atoms. The number of halogens is 1. The number of ketones is 1. The summed E-state index contributed by atoms with van der Waals surface area (Å²) in [5.41, 5.74) is 1.72. The number of hydrogen-bond donors (Lipinski definition) is 0. The van der Waals surface area contributed by atoms with E-state index in [9.17, 15) is 4.79 Å². The molecule has 0 unspecified atom stereocenters. The molecule has 1 aromatic rings. The molecule has 2 nitrogen and oxygen atoms in total. The predicted octanol–water partition coefficient (Wildman–Crippen LogP) is 2.30. The third-order valence-corrected chi connectivity index (χ3v) is 2.29. The molecule has 0 atom stereocenters. The van der Waals surface area contributed by atoms with Crippen LogP contribution in [0, 0.1) is 0 Å². The van der Waals surface area contributed by atoms with Gasteiger partial charge in [0.15, 0.2) is 5.78 Å². The van der Waals surface area contributed by atoms with Gasteiger partial charge in [-0.05, 0) is 12.1 Å². The van der Waals surface area contributed by atoms with Gasteiger partial charge in [0.25, 0.3) is 0 Å². The van der Waals surface area contributed by atoms with E-state index in [-0.39, 0.29) is 11.7 Å². The van der Waals surface area contributed by atoms with E-state index in [1.165, 1.54) is 0 Å². The minimum atomic E-state index is -0.0182. The first kappa shape index (κ1) is 11.2. The number of nitrogens with zero attached hydrogens (tertiary/aromatic N) is 1. The van der Waals surface area contributed by atoms with Gasteiger partial charge in [-0.1, -0.05) is 12.1 Å². The summed E-state index contributed by atoms with van der Waals surface area (Å²) in [6, 6.07) is 7.58. The number of alkyl halides is 1. The van der Waals surface area contributed by atoms with Crippen molar-refractivity contribution in [2.75, 3.05) is 27.0 Å². The number of Topliss-reactive ketones (excluding diaryl/α,β-unsaturated/α-hetero) is 1. The van der Waals surface area contributed by atoms with Gasteiger partial charge in [-0.2, -0.15) is 0 Å². The summed E-state index contributed by atoms with van der Waals surface area (Å²) in [7, 11) is 6.08. The molecule has 0 saturated carbocycles. The van der Waals surface area contributed by atoms with E-state index in [4.69, 9.17) is 11.6 Å². The first-order valence-electron chi connectivity index (χ1n) is 4.47. The van der Waals surface area contributed by atoms with Gasteiger partial charge in [0.1, 0.15) is 5.69 Å². The largest absolute Gasteiger partial charge is 0.298 e. The lowest BCUT2D eigenvalue weighted by atomic mass is 10.1. The van der Waals surface area contributed by atoms with E-state index in [1.807, 2.05) is 45.4 Å². The van der Waals surface area contributed by atoms with Crippen molar-refractivity contribution >= 4 is 23.1 Å². The van der Waals surface area contributed by atoms with Crippen molar-refractivity contribution in [2.45, 2.75) is 0 Å². The summed E-state index contributed by atoms with van der Waals surface area (Å²) >= 11 is 5.55. The van der Waals surface area contributed by atoms with E-state index >= 15 is 0 Å². The zero-order chi connectivity index (χ0) is 10.8. The number of quaternary nitrogens is 1. The van der Waals surface area contributed by atoms with Gasteiger partial charge in [-0.3, -0.25) is 9.28 Å². The fraction of sp³-hybridized carbons (Fsp3) is 0.364. The van der Waals surface area contributed by atoms with Crippen LogP contribution in [0.25, 0.3) is 0 Å². The normalized spacial score (nSPS) is 11.4. The lowest BCUT2D eigenvalue weighted by Gasteiger charge is -2.25. The van der Waals surface area contributed by atoms with Crippen molar-refractivity contribution in [1.82, 2.24) is 4.48 Å². The molecule has 1 rings (SSSR count). The second-order valence-corrected chi connectivity index (χ2v) is 4.35. The van der Waals surface area contributed by atoms with Gasteiger partial charge in [0.05, 0.1) is 32.6 Å². The van der Waals surface area contributed by atoms with Crippen LogP contribution in [0.4, 0.5) is 5.69 Å². The highest BCUT2D eigenvalue weighted by atomic mass is 35.5. The summed E-state index contributed by atoms with van der Waals surface area (Å²) in [6.45, 7) is 0. The van der Waals surface area contributed by atoms with Crippen LogP contribution in [-0.4, -0.2) is 32.8 Å². The number of rotatable bonds is 3. The number of para-hydroxylation sites is 1. The van der Waals surface area contributed by atoms with E-state index in [2.05, 4.69) is 0 Å². The summed E-state index contributed by atoms with van der Waals surface area (Å²) < 4.78 is 0.624. The summed E-state index contributed by atoms with van der Waals surface area (Å²) in [4.78, 5) is 11.5. The molecule has 0 heterocycles. The van der Waals surface area contributed by atoms with E-state index < -0.39 is 0 Å². The molecule has 0 spiro atoms. The van der Waals surface area contributed by atoms with E-state index in [0.717, 1.165) is 11.3 Å². The Kier molecular flexibility index (Phi) is 3.29. The second-order valence-electron chi connectivity index (χ2n) is 4.09. The van der Waals surface area contributed by atoms with Gasteiger partial charge in [-0.15, -0.1) is 11.6 Å². The second kappa shape index (κ2) is 4.11. The topological polar surface area (TPSA) is 17.1 Å². The van der Waals surface area contributed by atoms with Crippen LogP contribution < -0.4 is 4.48 Å². The van der Waals surface area contributed by atoms with Crippen LogP contribution in [0.2, 0.25) is 0 Å². The highest BCUT2D eigenvalue weighted by molar-refractivity contribution is 6.31. The Labute approximate surface area is 89.7 Å². The maximum atomic E-state index is 11.5. The zero-order valence-electron chi connectivity index (χ0n) is 8.75. The summed E-state index contributed by atoms with van der Waals surface area (Å²) in [6.07, 6.45) is 0. The van der Waals surface area contributed by atoms with Crippen molar-refractivity contribution in [2.24, 2.45) is 0 Å². The lowest BCUT2D eigenvalue weighted by Crippen LogP contribution is -2.36. The molecule has 0 N–H and O–H groups in total. The van der Waals surface area contributed by atoms with Crippen molar-refractivity contribution in [3.8, 4) is 0 Å². The number of benzene rings is 1. The minimum absolute atomic E-state index is 0.0182. The van der Waals surface area contributed by atoms with Gasteiger partial charge in [0.2, 0.25) is 0 Å². The number of hydrogen-bond acceptors (Lipinski definition) is 1. The summed E-state index contributed by atoms with van der Waals surface area (Å²) in [5, 5.41) is 0. The smallest absolute Gasteiger partial charge is 0.183 e. The van der Waals surface area contributed by atoms with Crippen LogP contribution in [0.1, 0.15) is 10.4 Å². The van der Waals surface area contributed by atoms with Crippen LogP contribution in [0.15, 0.2) is 24.3 Å². The van der Waals surface area contributed by atoms with Gasteiger partial charge in [0, 0.05) is 0 Å². The van der Waals surface area contributed by atoms with Crippen LogP contribution in [0.5, 0.6) is 0 Å². The molecule has 14 heavy (non-hydrogen) atoms. The Balaban J connectivity index is 3.23. The Hall–Kier alpha value is -0.860. The fourth-order valence-corrected chi connectivity index (χ4v) is 1.51. The molecule has 0 aliphatic carbocycles. The third-order valence-electron chi connectivity index (χ3n) is 2.05. The molecule has 0 fully saturated rings. The zero-order valence-corrected chi connectivity index (χ0v) is 9.51. The molecular weight excluding hydrogens is 198 g/mol. The van der Waals surface area contributed by atoms with E-state index in [1.54, 1.807) is 0 Å². The monoisotopic (exact) mass is 212 g/mol. The van der Waals surface area contributed by atoms with Crippen molar-refractivity contribution in [3.63, 3.8) is 0 Å². The standard InChI is InChI=1S/C11H15ClNO/c1-13(2,3)10-7-5-4-6-9(10)11(14)8-12/h4-7H,8H2,1-3H3/q+1. The molecular formula is C11H15ClNO+. The molecule has 0 radical (unpaired) electrons. The van der Waals surface area contributed by atoms with Gasteiger partial charge >= 0.3 is 0 Å². The first-order chi connectivity index (χ1) is 6.46. The Morgan fingerprint density at radius 1 is 1.29 bits per heavy atom. The quantitative estimate of drug-likeness (QED) is 0.427. The minimum Gasteiger partial charge on any atom is -0.298 e. The maximum absolute atomic E-state index is 11.5. The van der Waals surface area contributed by atoms with Gasteiger partial charge in [-0.25, -0.2) is 0 Å². The molecule has 0 amide bonds. The highest BCUT2D eigenvalue weighted by Crippen LogP contribution is 2.22. The molecule has 0 aliphatic rings. The Bertz CT molecular complexity index is 341. The van der Waals surface area contributed by atoms with Crippen molar-refractivity contribution in [1.29, 1.82) is 0 Å². The molecule has 3 heteroatoms. The number of carbonyl (C=O) groups excluding carboxylic acids is 1. The fourth-order valence-electron chi connectivity index (χ4n) is 1.37. The average Bonchev–Trinajstić information content (AvgIpc) is 2.15. The van der Waals surface area contributed by atoms with E-state index in [0.29, 0.717) is 4.48 Å². The van der Waals surface area contributed by atoms with Crippen molar-refractivity contribution < 1.29 is 4.79 Å². The predicted molar refractivity (Wildman–Crippen MR) is 61.1 cm³/mol.